The number of thiazole rings is 1. The van der Waals surface area contributed by atoms with Crippen molar-refractivity contribution in [2.24, 2.45) is 11.8 Å². The molecule has 3 N–H and O–H groups in total. The maximum atomic E-state index is 12.2. The lowest BCUT2D eigenvalue weighted by Crippen LogP contribution is -2.63. The standard InChI is InChI=1S/C16H18N2O5S2/c1-7-12-11(8(2)20)15(21)18(12)13(16(22)23)14(7)24-4-3-10-9(5-19)17-6-25-10/h3-4,6-8,11-12,19-20H,5H2,1-2H3,(H,22,23)/b4-3-/t7-,8-,11-,12+/m1/s1. The maximum Gasteiger partial charge on any atom is 0.353 e. The van der Waals surface area contributed by atoms with E-state index in [1.54, 1.807) is 23.9 Å². The van der Waals surface area contributed by atoms with Gasteiger partial charge >= 0.3 is 5.97 Å². The van der Waals surface area contributed by atoms with Crippen LogP contribution in [0.15, 0.2) is 21.5 Å². The van der Waals surface area contributed by atoms with Gasteiger partial charge in [0.15, 0.2) is 0 Å². The van der Waals surface area contributed by atoms with Gasteiger partial charge in [0.05, 0.1) is 40.8 Å². The molecular formula is C16H18N2O5S2. The van der Waals surface area contributed by atoms with E-state index in [2.05, 4.69) is 4.98 Å². The molecular weight excluding hydrogens is 364 g/mol. The van der Waals surface area contributed by atoms with Crippen molar-refractivity contribution in [3.8, 4) is 0 Å². The number of carbonyl (C=O) groups excluding carboxylic acids is 1. The first-order valence-electron chi connectivity index (χ1n) is 7.73. The summed E-state index contributed by atoms with van der Waals surface area (Å²) in [6.45, 7) is 3.27. The lowest BCUT2D eigenvalue weighted by molar-refractivity contribution is -0.163. The van der Waals surface area contributed by atoms with Crippen molar-refractivity contribution < 1.29 is 24.9 Å². The minimum absolute atomic E-state index is 0.000682. The zero-order valence-corrected chi connectivity index (χ0v) is 15.3. The van der Waals surface area contributed by atoms with E-state index >= 15 is 0 Å². The van der Waals surface area contributed by atoms with Crippen LogP contribution in [0.25, 0.3) is 6.08 Å². The van der Waals surface area contributed by atoms with E-state index in [9.17, 15) is 24.9 Å². The van der Waals surface area contributed by atoms with Crippen LogP contribution in [0.1, 0.15) is 24.4 Å². The van der Waals surface area contributed by atoms with Crippen LogP contribution in [0.2, 0.25) is 0 Å². The highest BCUT2D eigenvalue weighted by Crippen LogP contribution is 2.50. The highest BCUT2D eigenvalue weighted by atomic mass is 32.2. The molecule has 3 rings (SSSR count). The third-order valence-corrected chi connectivity index (χ3v) is 6.48. The van der Waals surface area contributed by atoms with E-state index in [1.807, 2.05) is 6.92 Å². The fraction of sp³-hybridized carbons (Fsp3) is 0.438. The molecule has 1 aromatic rings. The number of rotatable bonds is 6. The van der Waals surface area contributed by atoms with Crippen LogP contribution in [-0.2, 0) is 16.2 Å². The minimum atomic E-state index is -1.14. The predicted molar refractivity (Wildman–Crippen MR) is 94.3 cm³/mol. The molecule has 9 heteroatoms. The summed E-state index contributed by atoms with van der Waals surface area (Å²) in [6.07, 6.45) is 0.965. The molecule has 0 spiro atoms. The summed E-state index contributed by atoms with van der Waals surface area (Å²) >= 11 is 2.63. The third-order valence-electron chi connectivity index (χ3n) is 4.55. The van der Waals surface area contributed by atoms with Crippen molar-refractivity contribution in [2.75, 3.05) is 0 Å². The summed E-state index contributed by atoms with van der Waals surface area (Å²) in [6, 6.07) is -0.314. The van der Waals surface area contributed by atoms with Gasteiger partial charge in [0.2, 0.25) is 5.91 Å². The molecule has 2 aliphatic heterocycles. The molecule has 1 fully saturated rings. The molecule has 1 aromatic heterocycles. The Morgan fingerprint density at radius 2 is 2.28 bits per heavy atom. The zero-order chi connectivity index (χ0) is 18.3. The van der Waals surface area contributed by atoms with E-state index in [0.29, 0.717) is 10.6 Å². The molecule has 1 amide bonds. The summed E-state index contributed by atoms with van der Waals surface area (Å²) in [5.74, 6) is -2.21. The van der Waals surface area contributed by atoms with Crippen molar-refractivity contribution in [3.63, 3.8) is 0 Å². The van der Waals surface area contributed by atoms with Gasteiger partial charge in [0, 0.05) is 10.8 Å². The highest BCUT2D eigenvalue weighted by Gasteiger charge is 2.59. The van der Waals surface area contributed by atoms with Crippen molar-refractivity contribution in [1.82, 2.24) is 9.88 Å². The van der Waals surface area contributed by atoms with Gasteiger partial charge in [-0.1, -0.05) is 18.7 Å². The van der Waals surface area contributed by atoms with E-state index in [-0.39, 0.29) is 30.2 Å². The molecule has 0 saturated carbocycles. The van der Waals surface area contributed by atoms with E-state index < -0.39 is 18.0 Å². The number of carboxylic acids is 1. The number of hydrogen-bond donors (Lipinski definition) is 3. The maximum absolute atomic E-state index is 12.2. The Morgan fingerprint density at radius 1 is 1.56 bits per heavy atom. The zero-order valence-electron chi connectivity index (χ0n) is 13.6. The first-order valence-corrected chi connectivity index (χ1v) is 9.49. The van der Waals surface area contributed by atoms with Crippen LogP contribution in [0.5, 0.6) is 0 Å². The Kier molecular flexibility index (Phi) is 5.01. The fourth-order valence-corrected chi connectivity index (χ4v) is 5.16. The molecule has 3 heterocycles. The summed E-state index contributed by atoms with van der Waals surface area (Å²) in [4.78, 5) is 30.6. The van der Waals surface area contributed by atoms with Crippen molar-refractivity contribution in [1.29, 1.82) is 0 Å². The number of nitrogens with zero attached hydrogens (tertiary/aromatic N) is 2. The number of carboxylic acid groups (broad SMARTS) is 1. The van der Waals surface area contributed by atoms with Crippen LogP contribution in [0.4, 0.5) is 0 Å². The van der Waals surface area contributed by atoms with Gasteiger partial charge in [0.1, 0.15) is 5.70 Å². The first kappa shape index (κ1) is 18.1. The molecule has 0 unspecified atom stereocenters. The molecule has 134 valence electrons. The van der Waals surface area contributed by atoms with Gasteiger partial charge < -0.3 is 20.2 Å². The Balaban J connectivity index is 1.84. The monoisotopic (exact) mass is 382 g/mol. The number of thioether (sulfide) groups is 1. The molecule has 7 nitrogen and oxygen atoms in total. The minimum Gasteiger partial charge on any atom is -0.477 e. The Hall–Kier alpha value is -1.68. The van der Waals surface area contributed by atoms with Gasteiger partial charge in [-0.05, 0) is 18.4 Å². The van der Waals surface area contributed by atoms with Gasteiger partial charge in [-0.3, -0.25) is 4.79 Å². The van der Waals surface area contributed by atoms with E-state index in [4.69, 9.17) is 0 Å². The first-order chi connectivity index (χ1) is 11.9. The average molecular weight is 382 g/mol. The third kappa shape index (κ3) is 2.91. The lowest BCUT2D eigenvalue weighted by atomic mass is 9.79. The topological polar surface area (TPSA) is 111 Å². The number of aliphatic carboxylic acids is 1. The SMILES string of the molecule is C[C@@H](O)[C@H]1C(=O)N2C(C(=O)O)=C(S/C=C\c3scnc3CO)[C@H](C)[C@@H]12. The van der Waals surface area contributed by atoms with Gasteiger partial charge in [-0.2, -0.15) is 0 Å². The molecule has 0 radical (unpaired) electrons. The highest BCUT2D eigenvalue weighted by molar-refractivity contribution is 8.06. The van der Waals surface area contributed by atoms with Crippen molar-refractivity contribution in [2.45, 2.75) is 32.6 Å². The van der Waals surface area contributed by atoms with E-state index in [1.165, 1.54) is 28.0 Å². The van der Waals surface area contributed by atoms with Crippen LogP contribution < -0.4 is 0 Å². The smallest absolute Gasteiger partial charge is 0.353 e. The molecule has 25 heavy (non-hydrogen) atoms. The van der Waals surface area contributed by atoms with Crippen molar-refractivity contribution in [3.05, 3.63) is 32.1 Å². The predicted octanol–water partition coefficient (Wildman–Crippen LogP) is 1.49. The van der Waals surface area contributed by atoms with Gasteiger partial charge in [-0.15, -0.1) is 11.3 Å². The Bertz CT molecular complexity index is 770. The van der Waals surface area contributed by atoms with Crippen LogP contribution in [-0.4, -0.2) is 49.2 Å². The van der Waals surface area contributed by atoms with Gasteiger partial charge in [0.25, 0.3) is 0 Å². The van der Waals surface area contributed by atoms with Gasteiger partial charge in [-0.25, -0.2) is 9.78 Å². The summed E-state index contributed by atoms with van der Waals surface area (Å²) in [7, 11) is 0. The van der Waals surface area contributed by atoms with E-state index in [0.717, 1.165) is 4.88 Å². The molecule has 0 bridgehead atoms. The molecule has 2 aliphatic rings. The number of carbonyl (C=O) groups is 2. The summed E-state index contributed by atoms with van der Waals surface area (Å²) in [5, 5.41) is 30.3. The quantitative estimate of drug-likeness (QED) is 0.639. The molecule has 1 saturated heterocycles. The summed E-state index contributed by atoms with van der Waals surface area (Å²) in [5.41, 5.74) is 2.20. The summed E-state index contributed by atoms with van der Waals surface area (Å²) < 4.78 is 0. The molecule has 0 aromatic carbocycles. The second-order valence-electron chi connectivity index (χ2n) is 6.01. The van der Waals surface area contributed by atoms with Crippen LogP contribution >= 0.6 is 23.1 Å². The number of fused-ring (bicyclic) bond motifs is 1. The van der Waals surface area contributed by atoms with Crippen LogP contribution in [0, 0.1) is 11.8 Å². The van der Waals surface area contributed by atoms with Crippen molar-refractivity contribution >= 4 is 41.1 Å². The number of amides is 1. The number of aromatic nitrogens is 1. The second-order valence-corrected chi connectivity index (χ2v) is 7.85. The molecule has 0 aliphatic carbocycles. The average Bonchev–Trinajstić information content (AvgIpc) is 3.09. The Morgan fingerprint density at radius 3 is 2.88 bits per heavy atom. The lowest BCUT2D eigenvalue weighted by Gasteiger charge is -2.46. The van der Waals surface area contributed by atoms with Crippen LogP contribution in [0.3, 0.4) is 0 Å². The number of aliphatic hydroxyl groups excluding tert-OH is 2. The largest absolute Gasteiger partial charge is 0.477 e. The normalized spacial score (nSPS) is 27.0. The fourth-order valence-electron chi connectivity index (χ4n) is 3.38. The Labute approximate surface area is 152 Å². The number of hydrogen-bond acceptors (Lipinski definition) is 7. The second kappa shape index (κ2) is 6.91. The molecule has 4 atom stereocenters. The number of β-lactam (4-membered cyclic amide) rings is 1. The number of aliphatic hydroxyl groups is 2.